The molecule has 4 N–H and O–H groups in total. The number of hydrogen-bond donors (Lipinski definition) is 4. The van der Waals surface area contributed by atoms with Crippen LogP contribution < -0.4 is 24.8 Å². The third-order valence-electron chi connectivity index (χ3n) is 4.86. The summed E-state index contributed by atoms with van der Waals surface area (Å²) in [6, 6.07) is 11.3. The number of halogens is 1. The zero-order valence-electron chi connectivity index (χ0n) is 21.3. The van der Waals surface area contributed by atoms with Crippen LogP contribution in [-0.4, -0.2) is 52.5 Å². The smallest absolute Gasteiger partial charge is 0.328 e. The number of anilines is 2. The monoisotopic (exact) mass is 570 g/mol. The highest BCUT2D eigenvalue weighted by Crippen LogP contribution is 2.37. The summed E-state index contributed by atoms with van der Waals surface area (Å²) in [6.45, 7) is 1.73. The number of benzene rings is 2. The summed E-state index contributed by atoms with van der Waals surface area (Å²) < 4.78 is 21.7. The van der Waals surface area contributed by atoms with E-state index in [2.05, 4.69) is 20.8 Å². The van der Waals surface area contributed by atoms with Gasteiger partial charge in [0.25, 0.3) is 0 Å². The molecule has 0 spiro atoms. The molecule has 4 rings (SSSR count). The van der Waals surface area contributed by atoms with Crippen molar-refractivity contribution in [1.29, 1.82) is 0 Å². The lowest BCUT2D eigenvalue weighted by molar-refractivity contribution is -0.134. The molecule has 14 heteroatoms. The van der Waals surface area contributed by atoms with E-state index in [4.69, 9.17) is 40.5 Å². The first-order chi connectivity index (χ1) is 19.1. The fourth-order valence-corrected chi connectivity index (χ4v) is 3.38. The Morgan fingerprint density at radius 3 is 2.17 bits per heavy atom. The molecular formula is C26H23ClN4O9. The normalized spacial score (nSPS) is 10.4. The summed E-state index contributed by atoms with van der Waals surface area (Å²) in [7, 11) is 3.13. The number of aliphatic carboxylic acids is 2. The molecule has 0 radical (unpaired) electrons. The van der Waals surface area contributed by atoms with Gasteiger partial charge in [-0.2, -0.15) is 0 Å². The van der Waals surface area contributed by atoms with E-state index in [0.29, 0.717) is 63.0 Å². The molecule has 0 aliphatic heterocycles. The number of fused-ring (bicyclic) bond motifs is 1. The number of nitrogens with zero attached hydrogens (tertiary/aromatic N) is 2. The number of urea groups is 1. The van der Waals surface area contributed by atoms with Crippen molar-refractivity contribution in [2.24, 2.45) is 0 Å². The molecule has 0 aliphatic carbocycles. The van der Waals surface area contributed by atoms with E-state index in [0.717, 1.165) is 5.39 Å². The fraction of sp³-hybridized carbons (Fsp3) is 0.115. The van der Waals surface area contributed by atoms with Crippen molar-refractivity contribution >= 4 is 52.0 Å². The van der Waals surface area contributed by atoms with Crippen molar-refractivity contribution in [3.63, 3.8) is 0 Å². The Balaban J connectivity index is 0.000000482. The first-order valence-electron chi connectivity index (χ1n) is 11.2. The van der Waals surface area contributed by atoms with Gasteiger partial charge in [-0.15, -0.1) is 0 Å². The second kappa shape index (κ2) is 13.5. The zero-order chi connectivity index (χ0) is 29.2. The number of carboxylic acid groups (broad SMARTS) is 2. The molecule has 2 aromatic carbocycles. The van der Waals surface area contributed by atoms with Crippen LogP contribution in [0.25, 0.3) is 10.9 Å². The number of aryl methyl sites for hydroxylation is 1. The van der Waals surface area contributed by atoms with Gasteiger partial charge in [-0.1, -0.05) is 16.8 Å². The Labute approximate surface area is 231 Å². The Morgan fingerprint density at radius 1 is 0.925 bits per heavy atom. The topological polar surface area (TPSA) is 182 Å². The fourth-order valence-electron chi connectivity index (χ4n) is 3.16. The average molecular weight is 571 g/mol. The summed E-state index contributed by atoms with van der Waals surface area (Å²) in [4.78, 5) is 35.6. The number of rotatable bonds is 8. The van der Waals surface area contributed by atoms with E-state index in [1.54, 1.807) is 69.8 Å². The van der Waals surface area contributed by atoms with Crippen molar-refractivity contribution in [3.05, 3.63) is 71.6 Å². The zero-order valence-corrected chi connectivity index (χ0v) is 22.1. The minimum atomic E-state index is -1.26. The maximum atomic E-state index is 12.2. The minimum absolute atomic E-state index is 0.298. The highest BCUT2D eigenvalue weighted by Gasteiger charge is 2.13. The van der Waals surface area contributed by atoms with E-state index in [9.17, 15) is 14.4 Å². The number of nitrogens with one attached hydrogen (secondary N) is 2. The van der Waals surface area contributed by atoms with Crippen LogP contribution in [0.2, 0.25) is 5.02 Å². The van der Waals surface area contributed by atoms with Gasteiger partial charge in [0.1, 0.15) is 17.3 Å². The molecule has 0 unspecified atom stereocenters. The number of carboxylic acids is 2. The van der Waals surface area contributed by atoms with Gasteiger partial charge < -0.3 is 34.3 Å². The maximum Gasteiger partial charge on any atom is 0.328 e. The van der Waals surface area contributed by atoms with Gasteiger partial charge in [-0.25, -0.2) is 14.4 Å². The number of ether oxygens (including phenoxy) is 3. The summed E-state index contributed by atoms with van der Waals surface area (Å²) in [6.07, 6.45) is 2.75. The average Bonchev–Trinajstić information content (AvgIpc) is 3.32. The first-order valence-corrected chi connectivity index (χ1v) is 11.6. The Hall–Kier alpha value is -5.30. The highest BCUT2D eigenvalue weighted by atomic mass is 35.5. The predicted molar refractivity (Wildman–Crippen MR) is 145 cm³/mol. The number of methoxy groups -OCH3 is 2. The number of aromatic nitrogens is 2. The summed E-state index contributed by atoms with van der Waals surface area (Å²) in [5.41, 5.74) is 1.09. The number of amides is 2. The quantitative estimate of drug-likeness (QED) is 0.200. The van der Waals surface area contributed by atoms with Gasteiger partial charge in [0.2, 0.25) is 0 Å². The number of carbonyl (C=O) groups excluding carboxylic acids is 1. The molecule has 13 nitrogen and oxygen atoms in total. The van der Waals surface area contributed by atoms with Crippen LogP contribution in [0.1, 0.15) is 5.76 Å². The molecule has 2 amide bonds. The molecule has 0 aliphatic rings. The first kappa shape index (κ1) is 29.3. The van der Waals surface area contributed by atoms with Crippen molar-refractivity contribution < 1.29 is 43.3 Å². The number of hydrogen-bond acceptors (Lipinski definition) is 9. The van der Waals surface area contributed by atoms with Crippen LogP contribution in [0.5, 0.6) is 23.0 Å². The van der Waals surface area contributed by atoms with E-state index in [1.807, 2.05) is 0 Å². The standard InChI is InChI=1S/C22H19ClN4O5.C4H4O4/c1-12-8-21(27-32-12)26-22(28)25-16-5-4-13(9-15(16)23)31-18-6-7-24-17-11-20(30-3)19(29-2)10-14(17)18;5-3(6)1-2-4(7)8/h4-11H,1-3H3,(H2,25,26,27,28);1-2H,(H,5,6)(H,7,8)/b;2-1-. The van der Waals surface area contributed by atoms with Crippen molar-refractivity contribution in [2.45, 2.75) is 6.92 Å². The molecule has 0 saturated heterocycles. The van der Waals surface area contributed by atoms with Crippen LogP contribution in [-0.2, 0) is 9.59 Å². The van der Waals surface area contributed by atoms with E-state index >= 15 is 0 Å². The third-order valence-corrected chi connectivity index (χ3v) is 5.17. The Bertz CT molecular complexity index is 1550. The van der Waals surface area contributed by atoms with E-state index < -0.39 is 18.0 Å². The van der Waals surface area contributed by atoms with Crippen molar-refractivity contribution in [3.8, 4) is 23.0 Å². The molecule has 2 aromatic heterocycles. The summed E-state index contributed by atoms with van der Waals surface area (Å²) >= 11 is 6.35. The number of pyridine rings is 1. The van der Waals surface area contributed by atoms with Crippen molar-refractivity contribution in [2.75, 3.05) is 24.9 Å². The highest BCUT2D eigenvalue weighted by molar-refractivity contribution is 6.34. The van der Waals surface area contributed by atoms with Gasteiger partial charge >= 0.3 is 18.0 Å². The lowest BCUT2D eigenvalue weighted by Crippen LogP contribution is -2.19. The summed E-state index contributed by atoms with van der Waals surface area (Å²) in [5.74, 6) is 0.542. The minimum Gasteiger partial charge on any atom is -0.493 e. The molecular weight excluding hydrogens is 548 g/mol. The van der Waals surface area contributed by atoms with Gasteiger partial charge in [0.05, 0.1) is 30.4 Å². The van der Waals surface area contributed by atoms with Gasteiger partial charge in [-0.05, 0) is 31.2 Å². The molecule has 2 heterocycles. The van der Waals surface area contributed by atoms with Crippen LogP contribution >= 0.6 is 11.6 Å². The third kappa shape index (κ3) is 8.10. The SMILES string of the molecule is COc1cc2nccc(Oc3ccc(NC(=O)Nc4cc(C)on4)c(Cl)c3)c2cc1OC.O=C(O)/C=C\C(=O)O. The van der Waals surface area contributed by atoms with Gasteiger partial charge in [0, 0.05) is 41.9 Å². The maximum absolute atomic E-state index is 12.2. The number of carbonyl (C=O) groups is 3. The van der Waals surface area contributed by atoms with Gasteiger partial charge in [0.15, 0.2) is 17.3 Å². The lowest BCUT2D eigenvalue weighted by atomic mass is 10.2. The van der Waals surface area contributed by atoms with E-state index in [-0.39, 0.29) is 0 Å². The predicted octanol–water partition coefficient (Wildman–Crippen LogP) is 5.35. The second-order valence-corrected chi connectivity index (χ2v) is 8.10. The van der Waals surface area contributed by atoms with Crippen molar-refractivity contribution in [1.82, 2.24) is 10.1 Å². The largest absolute Gasteiger partial charge is 0.493 e. The lowest BCUT2D eigenvalue weighted by Gasteiger charge is -2.13. The van der Waals surface area contributed by atoms with Crippen LogP contribution in [0.3, 0.4) is 0 Å². The molecule has 40 heavy (non-hydrogen) atoms. The molecule has 208 valence electrons. The van der Waals surface area contributed by atoms with Crippen LogP contribution in [0.15, 0.2) is 65.3 Å². The molecule has 4 aromatic rings. The van der Waals surface area contributed by atoms with Crippen LogP contribution in [0.4, 0.5) is 16.3 Å². The molecule has 0 bridgehead atoms. The van der Waals surface area contributed by atoms with Gasteiger partial charge in [-0.3, -0.25) is 10.3 Å². The molecule has 0 fully saturated rings. The Kier molecular flexibility index (Phi) is 9.86. The van der Waals surface area contributed by atoms with E-state index in [1.165, 1.54) is 0 Å². The molecule has 0 saturated carbocycles. The second-order valence-electron chi connectivity index (χ2n) is 7.69. The summed E-state index contributed by atoms with van der Waals surface area (Å²) in [5, 5.41) is 25.6. The Morgan fingerprint density at radius 2 is 1.60 bits per heavy atom. The van der Waals surface area contributed by atoms with Crippen LogP contribution in [0, 0.1) is 6.92 Å². The molecule has 0 atom stereocenters.